The van der Waals surface area contributed by atoms with Crippen LogP contribution < -0.4 is 0 Å². The van der Waals surface area contributed by atoms with Gasteiger partial charge in [0, 0.05) is 6.42 Å². The number of carbonyl (C=O) groups excluding carboxylic acids is 1. The molecule has 20 heavy (non-hydrogen) atoms. The lowest BCUT2D eigenvalue weighted by atomic mass is 10.1. The fourth-order valence-corrected chi connectivity index (χ4v) is 2.58. The van der Waals surface area contributed by atoms with Crippen molar-refractivity contribution in [1.82, 2.24) is 15.2 Å². The number of allylic oxidation sites excluding steroid dienone is 2. The van der Waals surface area contributed by atoms with Crippen molar-refractivity contribution in [1.29, 1.82) is 0 Å². The molecule has 1 N–H and O–H groups in total. The molecule has 0 saturated heterocycles. The molecular weight excluding hydrogens is 254 g/mol. The van der Waals surface area contributed by atoms with E-state index < -0.39 is 0 Å². The van der Waals surface area contributed by atoms with Crippen molar-refractivity contribution < 1.29 is 9.53 Å². The van der Waals surface area contributed by atoms with Gasteiger partial charge in [-0.1, -0.05) is 32.4 Å². The van der Waals surface area contributed by atoms with Crippen molar-refractivity contribution in [2.75, 3.05) is 0 Å². The van der Waals surface area contributed by atoms with E-state index in [2.05, 4.69) is 49.0 Å². The molecule has 0 spiro atoms. The summed E-state index contributed by atoms with van der Waals surface area (Å²) in [5, 5.41) is 6.80. The summed E-state index contributed by atoms with van der Waals surface area (Å²) < 4.78 is 5.36. The second-order valence-corrected chi connectivity index (χ2v) is 6.23. The molecule has 110 valence electrons. The summed E-state index contributed by atoms with van der Waals surface area (Å²) in [6, 6.07) is 0. The zero-order chi connectivity index (χ0) is 14.9. The molecule has 0 aromatic carbocycles. The van der Waals surface area contributed by atoms with Gasteiger partial charge in [0.2, 0.25) is 0 Å². The van der Waals surface area contributed by atoms with E-state index in [0.29, 0.717) is 5.82 Å². The van der Waals surface area contributed by atoms with Crippen LogP contribution in [0, 0.1) is 17.3 Å². The number of nitrogens with zero attached hydrogens (tertiary/aromatic N) is 2. The van der Waals surface area contributed by atoms with Crippen molar-refractivity contribution in [2.45, 2.75) is 47.6 Å². The van der Waals surface area contributed by atoms with E-state index in [1.807, 2.05) is 6.92 Å². The summed E-state index contributed by atoms with van der Waals surface area (Å²) in [5.74, 6) is 1.43. The van der Waals surface area contributed by atoms with Crippen LogP contribution in [0.25, 0.3) is 0 Å². The van der Waals surface area contributed by atoms with E-state index >= 15 is 0 Å². The molecule has 0 unspecified atom stereocenters. The maximum atomic E-state index is 12.1. The van der Waals surface area contributed by atoms with Gasteiger partial charge in [-0.25, -0.2) is 4.98 Å². The molecular formula is C15H23N3O2. The third kappa shape index (κ3) is 2.92. The van der Waals surface area contributed by atoms with Crippen LogP contribution in [0.3, 0.4) is 0 Å². The first kappa shape index (κ1) is 14.8. The van der Waals surface area contributed by atoms with Crippen molar-refractivity contribution >= 4 is 5.97 Å². The number of carbonyl (C=O) groups is 1. The number of nitrogens with one attached hydrogen (secondary N) is 1. The minimum Gasteiger partial charge on any atom is -0.457 e. The predicted octanol–water partition coefficient (Wildman–Crippen LogP) is 2.65. The van der Waals surface area contributed by atoms with Gasteiger partial charge in [0.05, 0.1) is 5.92 Å². The largest absolute Gasteiger partial charge is 0.457 e. The van der Waals surface area contributed by atoms with E-state index in [9.17, 15) is 4.79 Å². The second kappa shape index (κ2) is 5.38. The maximum Gasteiger partial charge on any atom is 0.310 e. The Bertz CT molecular complexity index is 527. The Labute approximate surface area is 119 Å². The Kier molecular flexibility index (Phi) is 3.97. The van der Waals surface area contributed by atoms with E-state index in [4.69, 9.17) is 4.74 Å². The SMILES string of the molecule is CCc1n[nH]c(COC(=O)[C@H]2[C@@H](C=C(C)C)C2(C)C)n1. The summed E-state index contributed by atoms with van der Waals surface area (Å²) in [5.41, 5.74) is 1.23. The summed E-state index contributed by atoms with van der Waals surface area (Å²) in [6.45, 7) is 10.5. The molecule has 1 fully saturated rings. The van der Waals surface area contributed by atoms with Crippen LogP contribution in [0.4, 0.5) is 0 Å². The normalized spacial score (nSPS) is 23.2. The highest BCUT2D eigenvalue weighted by Gasteiger charge is 2.61. The molecule has 2 rings (SSSR count). The predicted molar refractivity (Wildman–Crippen MR) is 75.7 cm³/mol. The van der Waals surface area contributed by atoms with Crippen LogP contribution in [0.2, 0.25) is 0 Å². The molecule has 0 aliphatic heterocycles. The molecule has 1 aliphatic carbocycles. The summed E-state index contributed by atoms with van der Waals surface area (Å²) in [7, 11) is 0. The number of rotatable bonds is 5. The van der Waals surface area contributed by atoms with Gasteiger partial charge in [0.15, 0.2) is 18.3 Å². The molecule has 0 radical (unpaired) electrons. The first-order valence-corrected chi connectivity index (χ1v) is 7.08. The minimum absolute atomic E-state index is 0.00958. The summed E-state index contributed by atoms with van der Waals surface area (Å²) in [4.78, 5) is 16.4. The van der Waals surface area contributed by atoms with Crippen LogP contribution >= 0.6 is 0 Å². The van der Waals surface area contributed by atoms with Gasteiger partial charge < -0.3 is 4.74 Å². The number of ether oxygens (including phenoxy) is 1. The number of esters is 1. The first-order chi connectivity index (χ1) is 9.36. The smallest absolute Gasteiger partial charge is 0.310 e. The lowest BCUT2D eigenvalue weighted by Gasteiger charge is -2.03. The van der Waals surface area contributed by atoms with Crippen LogP contribution in [0.15, 0.2) is 11.6 Å². The van der Waals surface area contributed by atoms with E-state index in [-0.39, 0.29) is 29.8 Å². The Morgan fingerprint density at radius 1 is 1.45 bits per heavy atom. The number of hydrogen-bond acceptors (Lipinski definition) is 4. The maximum absolute atomic E-state index is 12.1. The Balaban J connectivity index is 1.91. The number of H-pyrrole nitrogens is 1. The van der Waals surface area contributed by atoms with Crippen molar-refractivity contribution in [3.63, 3.8) is 0 Å². The van der Waals surface area contributed by atoms with Crippen LogP contribution in [-0.2, 0) is 22.6 Å². The Hall–Kier alpha value is -1.65. The standard InChI is InChI=1S/C15H23N3O2/c1-6-11-16-12(18-17-11)8-20-14(19)13-10(7-9(2)3)15(13,4)5/h7,10,13H,6,8H2,1-5H3,(H,16,17,18)/t10-,13-/m1/s1. The molecule has 1 aromatic rings. The average Bonchev–Trinajstić information content (AvgIpc) is 2.77. The number of aryl methyl sites for hydroxylation is 1. The fraction of sp³-hybridized carbons (Fsp3) is 0.667. The van der Waals surface area contributed by atoms with Crippen molar-refractivity contribution in [2.24, 2.45) is 17.3 Å². The van der Waals surface area contributed by atoms with Gasteiger partial charge in [-0.2, -0.15) is 5.10 Å². The van der Waals surface area contributed by atoms with Crippen LogP contribution in [-0.4, -0.2) is 21.2 Å². The van der Waals surface area contributed by atoms with E-state index in [0.717, 1.165) is 12.2 Å². The third-order valence-electron chi connectivity index (χ3n) is 3.92. The molecule has 0 bridgehead atoms. The monoisotopic (exact) mass is 277 g/mol. The zero-order valence-electron chi connectivity index (χ0n) is 12.9. The van der Waals surface area contributed by atoms with Gasteiger partial charge in [-0.15, -0.1) is 0 Å². The van der Waals surface area contributed by atoms with E-state index in [1.165, 1.54) is 5.57 Å². The molecule has 1 aliphatic rings. The fourth-order valence-electron chi connectivity index (χ4n) is 2.58. The average molecular weight is 277 g/mol. The Morgan fingerprint density at radius 3 is 2.70 bits per heavy atom. The molecule has 5 nitrogen and oxygen atoms in total. The molecule has 2 atom stereocenters. The van der Waals surface area contributed by atoms with Crippen molar-refractivity contribution in [3.05, 3.63) is 23.3 Å². The molecule has 5 heteroatoms. The minimum atomic E-state index is -0.146. The van der Waals surface area contributed by atoms with Gasteiger partial charge in [-0.3, -0.25) is 9.89 Å². The molecule has 1 saturated carbocycles. The highest BCUT2D eigenvalue weighted by molar-refractivity contribution is 5.78. The Morgan fingerprint density at radius 2 is 2.15 bits per heavy atom. The number of aromatic nitrogens is 3. The van der Waals surface area contributed by atoms with Gasteiger partial charge in [-0.05, 0) is 25.2 Å². The highest BCUT2D eigenvalue weighted by atomic mass is 16.5. The lowest BCUT2D eigenvalue weighted by Crippen LogP contribution is -2.11. The van der Waals surface area contributed by atoms with Gasteiger partial charge in [0.1, 0.15) is 0 Å². The van der Waals surface area contributed by atoms with Gasteiger partial charge in [0.25, 0.3) is 0 Å². The number of aromatic amines is 1. The quantitative estimate of drug-likeness (QED) is 0.663. The second-order valence-electron chi connectivity index (χ2n) is 6.23. The first-order valence-electron chi connectivity index (χ1n) is 7.08. The topological polar surface area (TPSA) is 67.9 Å². The van der Waals surface area contributed by atoms with E-state index in [1.54, 1.807) is 0 Å². The zero-order valence-corrected chi connectivity index (χ0v) is 12.9. The number of hydrogen-bond donors (Lipinski definition) is 1. The van der Waals surface area contributed by atoms with Crippen LogP contribution in [0.5, 0.6) is 0 Å². The van der Waals surface area contributed by atoms with Gasteiger partial charge >= 0.3 is 5.97 Å². The third-order valence-corrected chi connectivity index (χ3v) is 3.92. The lowest BCUT2D eigenvalue weighted by molar-refractivity contribution is -0.147. The molecule has 1 heterocycles. The van der Waals surface area contributed by atoms with Crippen LogP contribution in [0.1, 0.15) is 46.3 Å². The highest BCUT2D eigenvalue weighted by Crippen LogP contribution is 2.59. The summed E-state index contributed by atoms with van der Waals surface area (Å²) >= 11 is 0. The molecule has 1 aromatic heterocycles. The summed E-state index contributed by atoms with van der Waals surface area (Å²) in [6.07, 6.45) is 2.93. The van der Waals surface area contributed by atoms with Crippen molar-refractivity contribution in [3.8, 4) is 0 Å². The molecule has 0 amide bonds.